The third-order valence-corrected chi connectivity index (χ3v) is 5.09. The lowest BCUT2D eigenvalue weighted by Crippen LogP contribution is -2.58. The number of nitrogens with zero attached hydrogens (tertiary/aromatic N) is 1. The Labute approximate surface area is 113 Å². The second-order valence-corrected chi connectivity index (χ2v) is 5.93. The molecule has 3 atom stereocenters. The Kier molecular flexibility index (Phi) is 6.61. The molecule has 3 unspecified atom stereocenters. The van der Waals surface area contributed by atoms with Crippen molar-refractivity contribution in [3.8, 4) is 0 Å². The van der Waals surface area contributed by atoms with Gasteiger partial charge in [0, 0.05) is 18.6 Å². The van der Waals surface area contributed by atoms with Crippen LogP contribution in [0.2, 0.25) is 0 Å². The van der Waals surface area contributed by atoms with Crippen LogP contribution in [0.5, 0.6) is 0 Å². The fraction of sp³-hybridized carbons (Fsp3) is 1.00. The van der Waals surface area contributed by atoms with Gasteiger partial charge in [0.05, 0.1) is 6.61 Å². The molecule has 0 aliphatic heterocycles. The molecule has 1 rings (SSSR count). The molecule has 0 radical (unpaired) electrons. The third-order valence-electron chi connectivity index (χ3n) is 5.09. The summed E-state index contributed by atoms with van der Waals surface area (Å²) in [6.45, 7) is 13.6. The van der Waals surface area contributed by atoms with Crippen LogP contribution in [0.3, 0.4) is 0 Å². The summed E-state index contributed by atoms with van der Waals surface area (Å²) < 4.78 is 0. The molecule has 18 heavy (non-hydrogen) atoms. The molecule has 0 amide bonds. The molecular weight excluding hydrogens is 224 g/mol. The molecular formula is C15H32N2O. The molecule has 0 heterocycles. The van der Waals surface area contributed by atoms with Gasteiger partial charge in [0.15, 0.2) is 0 Å². The van der Waals surface area contributed by atoms with E-state index in [9.17, 15) is 5.11 Å². The van der Waals surface area contributed by atoms with Gasteiger partial charge in [-0.05, 0) is 31.3 Å². The highest BCUT2D eigenvalue weighted by atomic mass is 16.3. The first-order chi connectivity index (χ1) is 8.59. The van der Waals surface area contributed by atoms with Crippen LogP contribution in [0.1, 0.15) is 47.0 Å². The van der Waals surface area contributed by atoms with Crippen LogP contribution < -0.4 is 5.32 Å². The zero-order valence-corrected chi connectivity index (χ0v) is 12.7. The molecule has 1 aliphatic carbocycles. The van der Waals surface area contributed by atoms with E-state index >= 15 is 0 Å². The Bertz CT molecular complexity index is 231. The van der Waals surface area contributed by atoms with Gasteiger partial charge in [-0.1, -0.05) is 40.5 Å². The quantitative estimate of drug-likeness (QED) is 0.732. The minimum atomic E-state index is -0.0369. The molecule has 108 valence electrons. The van der Waals surface area contributed by atoms with E-state index in [1.807, 2.05) is 0 Å². The summed E-state index contributed by atoms with van der Waals surface area (Å²) in [5.41, 5.74) is -0.0369. The summed E-state index contributed by atoms with van der Waals surface area (Å²) in [7, 11) is 0. The van der Waals surface area contributed by atoms with Crippen molar-refractivity contribution in [1.29, 1.82) is 0 Å². The average Bonchev–Trinajstić information content (AvgIpc) is 2.40. The molecule has 0 spiro atoms. The van der Waals surface area contributed by atoms with Crippen molar-refractivity contribution in [3.05, 3.63) is 0 Å². The van der Waals surface area contributed by atoms with Crippen molar-refractivity contribution < 1.29 is 5.11 Å². The number of hydrogen-bond donors (Lipinski definition) is 2. The first kappa shape index (κ1) is 15.9. The third kappa shape index (κ3) is 3.69. The number of rotatable bonds is 7. The van der Waals surface area contributed by atoms with E-state index in [0.717, 1.165) is 32.6 Å². The fourth-order valence-corrected chi connectivity index (χ4v) is 3.29. The van der Waals surface area contributed by atoms with Crippen LogP contribution >= 0.6 is 0 Å². The molecule has 0 aromatic carbocycles. The molecule has 1 fully saturated rings. The maximum absolute atomic E-state index is 9.83. The normalized spacial score (nSPS) is 33.0. The molecule has 0 bridgehead atoms. The highest BCUT2D eigenvalue weighted by Gasteiger charge is 2.40. The molecule has 3 nitrogen and oxygen atoms in total. The molecule has 1 saturated carbocycles. The minimum Gasteiger partial charge on any atom is -0.394 e. The summed E-state index contributed by atoms with van der Waals surface area (Å²) in [5, 5.41) is 13.5. The lowest BCUT2D eigenvalue weighted by molar-refractivity contribution is 0.0435. The molecule has 3 heteroatoms. The van der Waals surface area contributed by atoms with E-state index in [4.69, 9.17) is 0 Å². The van der Waals surface area contributed by atoms with Crippen LogP contribution in [0.25, 0.3) is 0 Å². The number of nitrogens with one attached hydrogen (secondary N) is 1. The van der Waals surface area contributed by atoms with Gasteiger partial charge in [-0.15, -0.1) is 0 Å². The number of likely N-dealkylation sites (N-methyl/N-ethyl adjacent to an activating group) is 1. The van der Waals surface area contributed by atoms with E-state index < -0.39 is 0 Å². The Morgan fingerprint density at radius 3 is 2.50 bits per heavy atom. The van der Waals surface area contributed by atoms with Gasteiger partial charge in [0.1, 0.15) is 0 Å². The maximum Gasteiger partial charge on any atom is 0.0616 e. The zero-order valence-electron chi connectivity index (χ0n) is 12.7. The van der Waals surface area contributed by atoms with Crippen LogP contribution in [0.15, 0.2) is 0 Å². The largest absolute Gasteiger partial charge is 0.394 e. The number of hydrogen-bond acceptors (Lipinski definition) is 3. The van der Waals surface area contributed by atoms with Crippen molar-refractivity contribution in [2.75, 3.05) is 32.8 Å². The van der Waals surface area contributed by atoms with Crippen LogP contribution in [0, 0.1) is 11.8 Å². The lowest BCUT2D eigenvalue weighted by Gasteiger charge is -2.46. The van der Waals surface area contributed by atoms with Gasteiger partial charge in [0.2, 0.25) is 0 Å². The SMILES string of the molecule is CCN(CC)CCNC1(CO)CCCC(C)C1C. The summed E-state index contributed by atoms with van der Waals surface area (Å²) in [6.07, 6.45) is 3.66. The van der Waals surface area contributed by atoms with Crippen LogP contribution in [0.4, 0.5) is 0 Å². The number of aliphatic hydroxyl groups excluding tert-OH is 1. The Morgan fingerprint density at radius 1 is 1.28 bits per heavy atom. The average molecular weight is 256 g/mol. The van der Waals surface area contributed by atoms with E-state index in [1.165, 1.54) is 12.8 Å². The van der Waals surface area contributed by atoms with Gasteiger partial charge >= 0.3 is 0 Å². The summed E-state index contributed by atoms with van der Waals surface area (Å²) in [4.78, 5) is 2.43. The van der Waals surface area contributed by atoms with Gasteiger partial charge in [0.25, 0.3) is 0 Å². The monoisotopic (exact) mass is 256 g/mol. The highest BCUT2D eigenvalue weighted by Crippen LogP contribution is 2.37. The topological polar surface area (TPSA) is 35.5 Å². The fourth-order valence-electron chi connectivity index (χ4n) is 3.29. The van der Waals surface area contributed by atoms with E-state index in [1.54, 1.807) is 0 Å². The molecule has 1 aliphatic rings. The van der Waals surface area contributed by atoms with Gasteiger partial charge < -0.3 is 15.3 Å². The van der Waals surface area contributed by atoms with Gasteiger partial charge in [-0.2, -0.15) is 0 Å². The number of aliphatic hydroxyl groups is 1. The minimum absolute atomic E-state index is 0.0369. The molecule has 0 aromatic rings. The van der Waals surface area contributed by atoms with Gasteiger partial charge in [-0.3, -0.25) is 0 Å². The van der Waals surface area contributed by atoms with Crippen molar-refractivity contribution in [2.24, 2.45) is 11.8 Å². The first-order valence-electron chi connectivity index (χ1n) is 7.67. The van der Waals surface area contributed by atoms with Crippen LogP contribution in [-0.2, 0) is 0 Å². The summed E-state index contributed by atoms with van der Waals surface area (Å²) in [6, 6.07) is 0. The Morgan fingerprint density at radius 2 is 1.94 bits per heavy atom. The second kappa shape index (κ2) is 7.46. The highest BCUT2D eigenvalue weighted by molar-refractivity contribution is 4.97. The zero-order chi connectivity index (χ0) is 13.6. The predicted molar refractivity (Wildman–Crippen MR) is 77.8 cm³/mol. The van der Waals surface area contributed by atoms with Gasteiger partial charge in [-0.25, -0.2) is 0 Å². The smallest absolute Gasteiger partial charge is 0.0616 e. The van der Waals surface area contributed by atoms with Crippen molar-refractivity contribution >= 4 is 0 Å². The standard InChI is InChI=1S/C15H32N2O/c1-5-17(6-2)11-10-16-15(12-18)9-7-8-13(3)14(15)4/h13-14,16,18H,5-12H2,1-4H3. The first-order valence-corrected chi connectivity index (χ1v) is 7.67. The lowest BCUT2D eigenvalue weighted by atomic mass is 9.68. The summed E-state index contributed by atoms with van der Waals surface area (Å²) in [5.74, 6) is 1.28. The summed E-state index contributed by atoms with van der Waals surface area (Å²) >= 11 is 0. The molecule has 2 N–H and O–H groups in total. The van der Waals surface area contributed by atoms with Crippen LogP contribution in [-0.4, -0.2) is 48.3 Å². The Balaban J connectivity index is 2.49. The van der Waals surface area contributed by atoms with Crippen molar-refractivity contribution in [1.82, 2.24) is 10.2 Å². The van der Waals surface area contributed by atoms with E-state index in [0.29, 0.717) is 11.8 Å². The predicted octanol–water partition coefficient (Wildman–Crippen LogP) is 2.10. The van der Waals surface area contributed by atoms with Crippen molar-refractivity contribution in [3.63, 3.8) is 0 Å². The van der Waals surface area contributed by atoms with Crippen molar-refractivity contribution in [2.45, 2.75) is 52.5 Å². The Hall–Kier alpha value is -0.120. The van der Waals surface area contributed by atoms with E-state index in [2.05, 4.69) is 37.9 Å². The second-order valence-electron chi connectivity index (χ2n) is 5.93. The molecule has 0 aromatic heterocycles. The maximum atomic E-state index is 9.83. The van der Waals surface area contributed by atoms with E-state index in [-0.39, 0.29) is 12.1 Å². The molecule has 0 saturated heterocycles.